The Morgan fingerprint density at radius 1 is 1.42 bits per heavy atom. The third-order valence-electron chi connectivity index (χ3n) is 3.13. The third kappa shape index (κ3) is 2.53. The first-order valence-electron chi connectivity index (χ1n) is 5.88. The molecule has 0 aliphatic carbocycles. The van der Waals surface area contributed by atoms with Gasteiger partial charge in [0.1, 0.15) is 11.8 Å². The largest absolute Gasteiger partial charge is 0.507 e. The molecule has 1 aromatic carbocycles. The van der Waals surface area contributed by atoms with E-state index in [9.17, 15) is 14.7 Å². The van der Waals surface area contributed by atoms with Crippen molar-refractivity contribution in [3.8, 4) is 5.75 Å². The lowest BCUT2D eigenvalue weighted by atomic mass is 10.1. The molecule has 0 saturated carbocycles. The molecule has 1 amide bonds. The van der Waals surface area contributed by atoms with Gasteiger partial charge in [-0.15, -0.1) is 11.8 Å². The lowest BCUT2D eigenvalue weighted by Gasteiger charge is -2.25. The molecule has 0 aromatic heterocycles. The fraction of sp³-hybridized carbons (Fsp3) is 0.385. The predicted molar refractivity (Wildman–Crippen MR) is 72.4 cm³/mol. The van der Waals surface area contributed by atoms with Gasteiger partial charge in [0, 0.05) is 5.75 Å². The number of carbonyl (C=O) groups is 2. The number of hydrogen-bond donors (Lipinski definition) is 2. The number of carbonyl (C=O) groups excluding carboxylic acids is 1. The van der Waals surface area contributed by atoms with Gasteiger partial charge >= 0.3 is 5.97 Å². The van der Waals surface area contributed by atoms with Crippen LogP contribution in [0.5, 0.6) is 5.75 Å². The van der Waals surface area contributed by atoms with Gasteiger partial charge in [0.2, 0.25) is 0 Å². The number of phenols is 1. The highest BCUT2D eigenvalue weighted by Crippen LogP contribution is 2.32. The van der Waals surface area contributed by atoms with Crippen molar-refractivity contribution in [2.75, 3.05) is 5.75 Å². The number of rotatable bonds is 2. The van der Waals surface area contributed by atoms with Gasteiger partial charge in [-0.1, -0.05) is 6.07 Å². The molecule has 1 heterocycles. The van der Waals surface area contributed by atoms with E-state index in [4.69, 9.17) is 5.11 Å². The summed E-state index contributed by atoms with van der Waals surface area (Å²) >= 11 is 1.42. The van der Waals surface area contributed by atoms with Crippen LogP contribution in [0, 0.1) is 6.92 Å². The van der Waals surface area contributed by atoms with Gasteiger partial charge in [0.05, 0.1) is 10.9 Å². The summed E-state index contributed by atoms with van der Waals surface area (Å²) in [6.45, 7) is 3.60. The van der Waals surface area contributed by atoms with Gasteiger partial charge in [-0.2, -0.15) is 0 Å². The second-order valence-corrected chi connectivity index (χ2v) is 5.87. The zero-order valence-electron chi connectivity index (χ0n) is 10.7. The summed E-state index contributed by atoms with van der Waals surface area (Å²) in [7, 11) is 0. The van der Waals surface area contributed by atoms with Crippen LogP contribution in [0.3, 0.4) is 0 Å². The fourth-order valence-corrected chi connectivity index (χ4v) is 3.27. The highest BCUT2D eigenvalue weighted by molar-refractivity contribution is 8.00. The van der Waals surface area contributed by atoms with Gasteiger partial charge in [0.25, 0.3) is 5.91 Å². The first-order chi connectivity index (χ1) is 8.91. The van der Waals surface area contributed by atoms with E-state index in [1.54, 1.807) is 13.0 Å². The topological polar surface area (TPSA) is 77.8 Å². The van der Waals surface area contributed by atoms with Crippen LogP contribution in [0.2, 0.25) is 0 Å². The molecule has 1 saturated heterocycles. The molecule has 6 heteroatoms. The highest BCUT2D eigenvalue weighted by Gasteiger charge is 2.40. The van der Waals surface area contributed by atoms with E-state index in [-0.39, 0.29) is 16.7 Å². The summed E-state index contributed by atoms with van der Waals surface area (Å²) in [4.78, 5) is 24.9. The molecule has 0 bridgehead atoms. The zero-order chi connectivity index (χ0) is 14.2. The number of aromatic hydroxyl groups is 1. The SMILES string of the molecule is Cc1ccc(C(=O)N2C(C)SCC2C(=O)O)c(O)c1. The molecule has 102 valence electrons. The van der Waals surface area contributed by atoms with Crippen LogP contribution >= 0.6 is 11.8 Å². The minimum absolute atomic E-state index is 0.113. The van der Waals surface area contributed by atoms with Gasteiger partial charge in [0.15, 0.2) is 0 Å². The van der Waals surface area contributed by atoms with Crippen LogP contribution in [0.25, 0.3) is 0 Å². The lowest BCUT2D eigenvalue weighted by molar-refractivity contribution is -0.141. The average molecular weight is 281 g/mol. The molecular weight excluding hydrogens is 266 g/mol. The normalized spacial score (nSPS) is 22.5. The summed E-state index contributed by atoms with van der Waals surface area (Å²) in [5.41, 5.74) is 0.985. The maximum atomic E-state index is 12.4. The Bertz CT molecular complexity index is 531. The minimum Gasteiger partial charge on any atom is -0.507 e. The highest BCUT2D eigenvalue weighted by atomic mass is 32.2. The van der Waals surface area contributed by atoms with Gasteiger partial charge < -0.3 is 15.1 Å². The van der Waals surface area contributed by atoms with E-state index in [0.717, 1.165) is 5.56 Å². The Morgan fingerprint density at radius 2 is 2.11 bits per heavy atom. The molecule has 2 atom stereocenters. The van der Waals surface area contributed by atoms with E-state index in [2.05, 4.69) is 0 Å². The Kier molecular flexibility index (Phi) is 3.71. The van der Waals surface area contributed by atoms with Crippen molar-refractivity contribution in [2.45, 2.75) is 25.3 Å². The maximum absolute atomic E-state index is 12.4. The van der Waals surface area contributed by atoms with Crippen LogP contribution < -0.4 is 0 Å². The Balaban J connectivity index is 2.34. The first-order valence-corrected chi connectivity index (χ1v) is 6.93. The Hall–Kier alpha value is -1.69. The fourth-order valence-electron chi connectivity index (χ4n) is 2.10. The number of aliphatic carboxylic acids is 1. The molecule has 0 radical (unpaired) electrons. The predicted octanol–water partition coefficient (Wildman–Crippen LogP) is 1.69. The molecule has 19 heavy (non-hydrogen) atoms. The summed E-state index contributed by atoms with van der Waals surface area (Å²) < 4.78 is 0. The molecule has 1 aromatic rings. The third-order valence-corrected chi connectivity index (χ3v) is 4.34. The number of phenolic OH excluding ortho intramolecular Hbond substituents is 1. The number of hydrogen-bond acceptors (Lipinski definition) is 4. The molecule has 2 rings (SSSR count). The van der Waals surface area contributed by atoms with Gasteiger partial charge in [-0.3, -0.25) is 4.79 Å². The maximum Gasteiger partial charge on any atom is 0.327 e. The monoisotopic (exact) mass is 281 g/mol. The molecule has 1 fully saturated rings. The quantitative estimate of drug-likeness (QED) is 0.862. The van der Waals surface area contributed by atoms with E-state index >= 15 is 0 Å². The van der Waals surface area contributed by atoms with Crippen LogP contribution in [0.15, 0.2) is 18.2 Å². The Labute approximate surface area is 115 Å². The Morgan fingerprint density at radius 3 is 2.68 bits per heavy atom. The molecule has 0 spiro atoms. The number of carboxylic acids is 1. The second kappa shape index (κ2) is 5.13. The summed E-state index contributed by atoms with van der Waals surface area (Å²) in [6.07, 6.45) is 0. The van der Waals surface area contributed by atoms with Crippen molar-refractivity contribution in [3.05, 3.63) is 29.3 Å². The van der Waals surface area contributed by atoms with E-state index in [0.29, 0.717) is 5.75 Å². The summed E-state index contributed by atoms with van der Waals surface area (Å²) in [6, 6.07) is 3.91. The van der Waals surface area contributed by atoms with Gasteiger partial charge in [-0.25, -0.2) is 4.79 Å². The van der Waals surface area contributed by atoms with Crippen LogP contribution in [-0.2, 0) is 4.79 Å². The molecule has 1 aliphatic heterocycles. The van der Waals surface area contributed by atoms with Crippen molar-refractivity contribution in [1.29, 1.82) is 0 Å². The standard InChI is InChI=1S/C13H15NO4S/c1-7-3-4-9(11(15)5-7)12(16)14-8(2)19-6-10(14)13(17)18/h3-5,8,10,15H,6H2,1-2H3,(H,17,18). The number of benzene rings is 1. The number of thioether (sulfide) groups is 1. The van der Waals surface area contributed by atoms with E-state index < -0.39 is 17.9 Å². The van der Waals surface area contributed by atoms with Crippen molar-refractivity contribution >= 4 is 23.6 Å². The van der Waals surface area contributed by atoms with Crippen molar-refractivity contribution in [3.63, 3.8) is 0 Å². The number of carboxylic acid groups (broad SMARTS) is 1. The summed E-state index contributed by atoms with van der Waals surface area (Å²) in [5, 5.41) is 18.8. The van der Waals surface area contributed by atoms with Crippen LogP contribution in [-0.4, -0.2) is 44.2 Å². The van der Waals surface area contributed by atoms with E-state index in [1.807, 2.05) is 6.92 Å². The molecule has 5 nitrogen and oxygen atoms in total. The van der Waals surface area contributed by atoms with E-state index in [1.165, 1.54) is 28.8 Å². The zero-order valence-corrected chi connectivity index (χ0v) is 11.5. The lowest BCUT2D eigenvalue weighted by Crippen LogP contribution is -2.44. The molecule has 1 aliphatic rings. The number of amides is 1. The minimum atomic E-state index is -1.02. The smallest absolute Gasteiger partial charge is 0.327 e. The molecule has 2 unspecified atom stereocenters. The van der Waals surface area contributed by atoms with Crippen LogP contribution in [0.1, 0.15) is 22.8 Å². The van der Waals surface area contributed by atoms with Gasteiger partial charge in [-0.05, 0) is 31.5 Å². The molecule has 2 N–H and O–H groups in total. The molecular formula is C13H15NO4S. The first kappa shape index (κ1) is 13.7. The van der Waals surface area contributed by atoms with Crippen LogP contribution in [0.4, 0.5) is 0 Å². The van der Waals surface area contributed by atoms with Crippen molar-refractivity contribution < 1.29 is 19.8 Å². The van der Waals surface area contributed by atoms with Crippen molar-refractivity contribution in [1.82, 2.24) is 4.90 Å². The van der Waals surface area contributed by atoms with Crippen molar-refractivity contribution in [2.24, 2.45) is 0 Å². The summed E-state index contributed by atoms with van der Waals surface area (Å²) in [5.74, 6) is -1.20. The number of aryl methyl sites for hydroxylation is 1. The average Bonchev–Trinajstić information content (AvgIpc) is 2.70. The second-order valence-electron chi connectivity index (χ2n) is 4.52. The number of nitrogens with zero attached hydrogens (tertiary/aromatic N) is 1.